The molecule has 0 saturated heterocycles. The maximum Gasteiger partial charge on any atom is 0.130 e. The van der Waals surface area contributed by atoms with Crippen molar-refractivity contribution in [1.82, 2.24) is 5.32 Å². The third-order valence-electron chi connectivity index (χ3n) is 1.82. The molecule has 1 N–H and O–H groups in total. The first kappa shape index (κ1) is 11.4. The second kappa shape index (κ2) is 5.94. The molecule has 0 bridgehead atoms. The van der Waals surface area contributed by atoms with E-state index in [4.69, 9.17) is 0 Å². The molecule has 0 aliphatic carbocycles. The van der Waals surface area contributed by atoms with Crippen LogP contribution in [0.25, 0.3) is 6.08 Å². The summed E-state index contributed by atoms with van der Waals surface area (Å²) >= 11 is 3.31. The van der Waals surface area contributed by atoms with Crippen LogP contribution in [-0.4, -0.2) is 13.6 Å². The van der Waals surface area contributed by atoms with E-state index in [1.165, 1.54) is 6.07 Å². The lowest BCUT2D eigenvalue weighted by atomic mass is 10.2. The summed E-state index contributed by atoms with van der Waals surface area (Å²) in [6.45, 7) is 0.909. The number of rotatable bonds is 4. The van der Waals surface area contributed by atoms with Gasteiger partial charge in [-0.2, -0.15) is 0 Å². The zero-order valence-electron chi connectivity index (χ0n) is 8.06. The Morgan fingerprint density at radius 1 is 1.50 bits per heavy atom. The maximum atomic E-state index is 13.2. The molecule has 1 aromatic carbocycles. The van der Waals surface area contributed by atoms with Gasteiger partial charge in [-0.15, -0.1) is 0 Å². The van der Waals surface area contributed by atoms with Crippen molar-refractivity contribution < 1.29 is 4.39 Å². The minimum absolute atomic E-state index is 0.186. The van der Waals surface area contributed by atoms with Gasteiger partial charge in [0.2, 0.25) is 0 Å². The first-order chi connectivity index (χ1) is 6.74. The van der Waals surface area contributed by atoms with Crippen LogP contribution in [0, 0.1) is 5.82 Å². The number of hydrogen-bond acceptors (Lipinski definition) is 1. The highest BCUT2D eigenvalue weighted by Crippen LogP contribution is 2.16. The van der Waals surface area contributed by atoms with Gasteiger partial charge >= 0.3 is 0 Å². The van der Waals surface area contributed by atoms with Gasteiger partial charge in [-0.05, 0) is 38.2 Å². The Morgan fingerprint density at radius 3 is 3.00 bits per heavy atom. The molecule has 0 radical (unpaired) electrons. The maximum absolute atomic E-state index is 13.2. The van der Waals surface area contributed by atoms with Gasteiger partial charge in [0.15, 0.2) is 0 Å². The van der Waals surface area contributed by atoms with Gasteiger partial charge in [-0.25, -0.2) is 4.39 Å². The number of nitrogens with one attached hydrogen (secondary N) is 1. The number of benzene rings is 1. The van der Waals surface area contributed by atoms with E-state index >= 15 is 0 Å². The summed E-state index contributed by atoms with van der Waals surface area (Å²) < 4.78 is 14.1. The van der Waals surface area contributed by atoms with Crippen LogP contribution in [0.4, 0.5) is 4.39 Å². The van der Waals surface area contributed by atoms with Gasteiger partial charge in [0.05, 0.1) is 0 Å². The molecular formula is C11H13BrFN. The summed E-state index contributed by atoms with van der Waals surface area (Å²) in [7, 11) is 1.90. The lowest BCUT2D eigenvalue weighted by molar-refractivity contribution is 0.624. The highest BCUT2D eigenvalue weighted by Gasteiger charge is 1.97. The molecule has 14 heavy (non-hydrogen) atoms. The van der Waals surface area contributed by atoms with Crippen LogP contribution in [0.2, 0.25) is 0 Å². The molecule has 0 saturated carbocycles. The molecule has 0 fully saturated rings. The van der Waals surface area contributed by atoms with Crippen molar-refractivity contribution in [3.8, 4) is 0 Å². The largest absolute Gasteiger partial charge is 0.319 e. The van der Waals surface area contributed by atoms with Gasteiger partial charge < -0.3 is 5.32 Å². The van der Waals surface area contributed by atoms with Crippen molar-refractivity contribution in [3.05, 3.63) is 40.1 Å². The Balaban J connectivity index is 2.65. The summed E-state index contributed by atoms with van der Waals surface area (Å²) in [5.74, 6) is -0.186. The van der Waals surface area contributed by atoms with Crippen LogP contribution >= 0.6 is 15.9 Å². The molecule has 0 atom stereocenters. The Labute approximate surface area is 92.1 Å². The molecule has 0 amide bonds. The standard InChI is InChI=1S/C11H13BrFN/c1-14-7-3-2-4-9-8-10(12)5-6-11(9)13/h2,4-6,8,14H,3,7H2,1H3. The average Bonchev–Trinajstić information content (AvgIpc) is 2.18. The first-order valence-corrected chi connectivity index (χ1v) is 5.29. The molecular weight excluding hydrogens is 245 g/mol. The van der Waals surface area contributed by atoms with Crippen LogP contribution < -0.4 is 5.32 Å². The number of halogens is 2. The summed E-state index contributed by atoms with van der Waals surface area (Å²) in [6.07, 6.45) is 4.67. The molecule has 0 unspecified atom stereocenters. The Hall–Kier alpha value is -0.670. The number of hydrogen-bond donors (Lipinski definition) is 1. The van der Waals surface area contributed by atoms with Crippen molar-refractivity contribution >= 4 is 22.0 Å². The molecule has 1 rings (SSSR count). The Bertz CT molecular complexity index is 323. The molecule has 0 spiro atoms. The highest BCUT2D eigenvalue weighted by atomic mass is 79.9. The van der Waals surface area contributed by atoms with E-state index in [1.807, 2.05) is 13.1 Å². The van der Waals surface area contributed by atoms with Crippen LogP contribution in [0.5, 0.6) is 0 Å². The molecule has 0 aliphatic heterocycles. The fourth-order valence-corrected chi connectivity index (χ4v) is 1.46. The SMILES string of the molecule is CNCCC=Cc1cc(Br)ccc1F. The third kappa shape index (κ3) is 3.60. The van der Waals surface area contributed by atoms with E-state index in [9.17, 15) is 4.39 Å². The average molecular weight is 258 g/mol. The zero-order valence-corrected chi connectivity index (χ0v) is 9.64. The first-order valence-electron chi connectivity index (χ1n) is 4.50. The van der Waals surface area contributed by atoms with Gasteiger partial charge in [0.1, 0.15) is 5.82 Å². The lowest BCUT2D eigenvalue weighted by Gasteiger charge is -1.97. The predicted octanol–water partition coefficient (Wildman–Crippen LogP) is 3.21. The predicted molar refractivity (Wildman–Crippen MR) is 61.7 cm³/mol. The van der Waals surface area contributed by atoms with E-state index < -0.39 is 0 Å². The summed E-state index contributed by atoms with van der Waals surface area (Å²) in [4.78, 5) is 0. The highest BCUT2D eigenvalue weighted by molar-refractivity contribution is 9.10. The molecule has 0 heterocycles. The van der Waals surface area contributed by atoms with E-state index in [-0.39, 0.29) is 5.82 Å². The van der Waals surface area contributed by atoms with Gasteiger partial charge in [0, 0.05) is 10.0 Å². The Kier molecular flexibility index (Phi) is 4.84. The van der Waals surface area contributed by atoms with Gasteiger partial charge in [0.25, 0.3) is 0 Å². The van der Waals surface area contributed by atoms with E-state index in [1.54, 1.807) is 18.2 Å². The summed E-state index contributed by atoms with van der Waals surface area (Å²) in [6, 6.07) is 4.92. The molecule has 1 nitrogen and oxygen atoms in total. The van der Waals surface area contributed by atoms with Crippen molar-refractivity contribution in [1.29, 1.82) is 0 Å². The van der Waals surface area contributed by atoms with Crippen LogP contribution in [-0.2, 0) is 0 Å². The quantitative estimate of drug-likeness (QED) is 0.818. The molecule has 1 aromatic rings. The van der Waals surface area contributed by atoms with E-state index in [0.717, 1.165) is 17.4 Å². The molecule has 3 heteroatoms. The van der Waals surface area contributed by atoms with Crippen molar-refractivity contribution in [3.63, 3.8) is 0 Å². The summed E-state index contributed by atoms with van der Waals surface area (Å²) in [5.41, 5.74) is 0.621. The minimum atomic E-state index is -0.186. The topological polar surface area (TPSA) is 12.0 Å². The van der Waals surface area contributed by atoms with Crippen molar-refractivity contribution in [2.45, 2.75) is 6.42 Å². The monoisotopic (exact) mass is 257 g/mol. The third-order valence-corrected chi connectivity index (χ3v) is 2.31. The Morgan fingerprint density at radius 2 is 2.29 bits per heavy atom. The lowest BCUT2D eigenvalue weighted by Crippen LogP contribution is -2.05. The van der Waals surface area contributed by atoms with Gasteiger partial charge in [-0.3, -0.25) is 0 Å². The van der Waals surface area contributed by atoms with Crippen molar-refractivity contribution in [2.24, 2.45) is 0 Å². The summed E-state index contributed by atoms with van der Waals surface area (Å²) in [5, 5.41) is 3.03. The molecule has 0 aromatic heterocycles. The second-order valence-electron chi connectivity index (χ2n) is 2.96. The second-order valence-corrected chi connectivity index (χ2v) is 3.88. The smallest absolute Gasteiger partial charge is 0.130 e. The molecule has 76 valence electrons. The minimum Gasteiger partial charge on any atom is -0.319 e. The normalized spacial score (nSPS) is 11.1. The van der Waals surface area contributed by atoms with E-state index in [2.05, 4.69) is 21.2 Å². The van der Waals surface area contributed by atoms with Crippen LogP contribution in [0.15, 0.2) is 28.7 Å². The van der Waals surface area contributed by atoms with Crippen LogP contribution in [0.1, 0.15) is 12.0 Å². The van der Waals surface area contributed by atoms with Gasteiger partial charge in [-0.1, -0.05) is 28.1 Å². The molecule has 0 aliphatic rings. The van der Waals surface area contributed by atoms with Crippen molar-refractivity contribution in [2.75, 3.05) is 13.6 Å². The fraction of sp³-hybridized carbons (Fsp3) is 0.273. The zero-order chi connectivity index (χ0) is 10.4. The van der Waals surface area contributed by atoms with Crippen LogP contribution in [0.3, 0.4) is 0 Å². The fourth-order valence-electron chi connectivity index (χ4n) is 1.08. The van der Waals surface area contributed by atoms with E-state index in [0.29, 0.717) is 5.56 Å².